The van der Waals surface area contributed by atoms with Crippen LogP contribution in [0.4, 0.5) is 5.69 Å². The van der Waals surface area contributed by atoms with Crippen LogP contribution in [0.5, 0.6) is 11.5 Å². The Morgan fingerprint density at radius 3 is 2.45 bits per heavy atom. The van der Waals surface area contributed by atoms with Crippen molar-refractivity contribution in [3.05, 3.63) is 17.7 Å². The van der Waals surface area contributed by atoms with Crippen LogP contribution in [0.2, 0.25) is 0 Å². The van der Waals surface area contributed by atoms with Crippen LogP contribution in [-0.2, 0) is 4.74 Å². The number of ether oxygens (including phenoxy) is 3. The van der Waals surface area contributed by atoms with Crippen molar-refractivity contribution < 1.29 is 24.1 Å². The molecule has 0 saturated carbocycles. The lowest BCUT2D eigenvalue weighted by Gasteiger charge is -2.17. The molecule has 0 aromatic heterocycles. The van der Waals surface area contributed by atoms with Gasteiger partial charge in [0, 0.05) is 12.5 Å². The van der Waals surface area contributed by atoms with Gasteiger partial charge >= 0.3 is 5.97 Å². The molecule has 112 valence electrons. The number of carbonyl (C=O) groups excluding carboxylic acids is 1. The minimum absolute atomic E-state index is 0.0985. The summed E-state index contributed by atoms with van der Waals surface area (Å²) in [5.41, 5.74) is 5.33. The van der Waals surface area contributed by atoms with E-state index in [4.69, 9.17) is 19.9 Å². The second-order valence-electron chi connectivity index (χ2n) is 4.99. The van der Waals surface area contributed by atoms with E-state index in [1.165, 1.54) is 20.3 Å². The zero-order valence-corrected chi connectivity index (χ0v) is 12.2. The summed E-state index contributed by atoms with van der Waals surface area (Å²) in [6, 6.07) is 3.08. The number of benzene rings is 1. The van der Waals surface area contributed by atoms with Crippen LogP contribution in [0.15, 0.2) is 12.1 Å². The first-order valence-corrected chi connectivity index (χ1v) is 6.19. The Morgan fingerprint density at radius 2 is 1.95 bits per heavy atom. The molecule has 0 saturated heterocycles. The Bertz CT molecular complexity index is 479. The molecule has 0 radical (unpaired) electrons. The van der Waals surface area contributed by atoms with Crippen molar-refractivity contribution in [3.63, 3.8) is 0 Å². The van der Waals surface area contributed by atoms with Crippen molar-refractivity contribution in [1.82, 2.24) is 0 Å². The molecule has 1 aromatic carbocycles. The molecule has 0 bridgehead atoms. The highest BCUT2D eigenvalue weighted by Gasteiger charge is 2.19. The maximum atomic E-state index is 12.0. The van der Waals surface area contributed by atoms with Gasteiger partial charge in [-0.15, -0.1) is 0 Å². The van der Waals surface area contributed by atoms with E-state index in [0.717, 1.165) is 0 Å². The molecule has 0 aliphatic heterocycles. The molecule has 0 aliphatic carbocycles. The number of carbonyl (C=O) groups is 1. The van der Waals surface area contributed by atoms with E-state index in [1.807, 2.05) is 0 Å². The number of hydrogen-bond donors (Lipinski definition) is 2. The summed E-state index contributed by atoms with van der Waals surface area (Å²) in [6.45, 7) is 3.38. The molecular weight excluding hydrogens is 262 g/mol. The number of methoxy groups -OCH3 is 2. The van der Waals surface area contributed by atoms with Gasteiger partial charge in [-0.25, -0.2) is 4.79 Å². The predicted octanol–water partition coefficient (Wildman–Crippen LogP) is 1.60. The number of esters is 1. The van der Waals surface area contributed by atoms with Crippen molar-refractivity contribution >= 4 is 11.7 Å². The molecule has 0 heterocycles. The molecule has 6 heteroatoms. The Kier molecular flexibility index (Phi) is 5.21. The number of nitrogen functional groups attached to an aromatic ring is 1. The molecule has 20 heavy (non-hydrogen) atoms. The molecule has 1 rings (SSSR count). The van der Waals surface area contributed by atoms with Crippen LogP contribution in [0, 0.1) is 0 Å². The van der Waals surface area contributed by atoms with Gasteiger partial charge in [0.15, 0.2) is 0 Å². The van der Waals surface area contributed by atoms with Gasteiger partial charge in [-0.05, 0) is 19.9 Å². The van der Waals surface area contributed by atoms with Gasteiger partial charge in [-0.3, -0.25) is 0 Å². The molecule has 0 spiro atoms. The topological polar surface area (TPSA) is 91.0 Å². The first kappa shape index (κ1) is 16.1. The van der Waals surface area contributed by atoms with Crippen molar-refractivity contribution in [2.45, 2.75) is 25.9 Å². The van der Waals surface area contributed by atoms with Gasteiger partial charge in [0.25, 0.3) is 0 Å². The van der Waals surface area contributed by atoms with Crippen LogP contribution in [-0.4, -0.2) is 37.5 Å². The van der Waals surface area contributed by atoms with Crippen LogP contribution in [0.25, 0.3) is 0 Å². The van der Waals surface area contributed by atoms with Crippen molar-refractivity contribution in [2.24, 2.45) is 0 Å². The van der Waals surface area contributed by atoms with E-state index in [9.17, 15) is 9.90 Å². The number of nitrogens with two attached hydrogens (primary N) is 1. The highest BCUT2D eigenvalue weighted by atomic mass is 16.5. The zero-order chi connectivity index (χ0) is 15.3. The fourth-order valence-electron chi connectivity index (χ4n) is 1.53. The molecule has 0 aliphatic rings. The number of aliphatic hydroxyl groups is 1. The van der Waals surface area contributed by atoms with Gasteiger partial charge in [0.05, 0.1) is 37.7 Å². The van der Waals surface area contributed by atoms with E-state index in [1.54, 1.807) is 19.9 Å². The van der Waals surface area contributed by atoms with Crippen molar-refractivity contribution in [3.8, 4) is 11.5 Å². The van der Waals surface area contributed by atoms with Gasteiger partial charge in [-0.1, -0.05) is 0 Å². The van der Waals surface area contributed by atoms with Crippen molar-refractivity contribution in [2.75, 3.05) is 26.6 Å². The lowest BCUT2D eigenvalue weighted by atomic mass is 10.1. The predicted molar refractivity (Wildman–Crippen MR) is 75.2 cm³/mol. The summed E-state index contributed by atoms with van der Waals surface area (Å²) in [4.78, 5) is 12.0. The molecule has 1 aromatic rings. The molecule has 0 atom stereocenters. The van der Waals surface area contributed by atoms with Crippen LogP contribution in [0.1, 0.15) is 30.6 Å². The highest BCUT2D eigenvalue weighted by Crippen LogP contribution is 2.31. The second-order valence-corrected chi connectivity index (χ2v) is 4.99. The summed E-state index contributed by atoms with van der Waals surface area (Å²) in [6.07, 6.45) is 0.333. The Labute approximate surface area is 118 Å². The quantitative estimate of drug-likeness (QED) is 0.608. The minimum atomic E-state index is -0.891. The summed E-state index contributed by atoms with van der Waals surface area (Å²) in [7, 11) is 2.93. The SMILES string of the molecule is COc1cc(OC)c(N)c(C(=O)OCCC(C)(C)O)c1. The summed E-state index contributed by atoms with van der Waals surface area (Å²) in [5, 5.41) is 9.56. The van der Waals surface area contributed by atoms with Gasteiger partial charge in [-0.2, -0.15) is 0 Å². The second kappa shape index (κ2) is 6.47. The normalized spacial score (nSPS) is 11.1. The Morgan fingerprint density at radius 1 is 1.30 bits per heavy atom. The maximum absolute atomic E-state index is 12.0. The van der Waals surface area contributed by atoms with Crippen LogP contribution >= 0.6 is 0 Å². The third-order valence-corrected chi connectivity index (χ3v) is 2.74. The molecule has 0 unspecified atom stereocenters. The van der Waals surface area contributed by atoms with Gasteiger partial charge in [0.2, 0.25) is 0 Å². The average Bonchev–Trinajstić information content (AvgIpc) is 2.37. The fraction of sp³-hybridized carbons (Fsp3) is 0.500. The number of hydrogen-bond acceptors (Lipinski definition) is 6. The molecule has 3 N–H and O–H groups in total. The summed E-state index contributed by atoms with van der Waals surface area (Å²) in [5.74, 6) is 0.216. The highest BCUT2D eigenvalue weighted by molar-refractivity contribution is 5.97. The van der Waals surface area contributed by atoms with E-state index in [0.29, 0.717) is 17.9 Å². The molecule has 0 fully saturated rings. The fourth-order valence-corrected chi connectivity index (χ4v) is 1.53. The molecule has 0 amide bonds. The van der Waals surface area contributed by atoms with Crippen LogP contribution in [0.3, 0.4) is 0 Å². The zero-order valence-electron chi connectivity index (χ0n) is 12.2. The molecular formula is C14H21NO5. The van der Waals surface area contributed by atoms with E-state index in [-0.39, 0.29) is 17.9 Å². The van der Waals surface area contributed by atoms with E-state index in [2.05, 4.69) is 0 Å². The standard InChI is InChI=1S/C14H21NO5/c1-14(2,17)5-6-20-13(16)10-7-9(18-3)8-11(19-4)12(10)15/h7-8,17H,5-6,15H2,1-4H3. The van der Waals surface area contributed by atoms with Crippen LogP contribution < -0.4 is 15.2 Å². The minimum Gasteiger partial charge on any atom is -0.497 e. The summed E-state index contributed by atoms with van der Waals surface area (Å²) >= 11 is 0. The maximum Gasteiger partial charge on any atom is 0.340 e. The number of rotatable bonds is 6. The van der Waals surface area contributed by atoms with Gasteiger partial charge < -0.3 is 25.1 Å². The molecule has 6 nitrogen and oxygen atoms in total. The van der Waals surface area contributed by atoms with Crippen molar-refractivity contribution in [1.29, 1.82) is 0 Å². The lowest BCUT2D eigenvalue weighted by Crippen LogP contribution is -2.22. The van der Waals surface area contributed by atoms with Gasteiger partial charge in [0.1, 0.15) is 11.5 Å². The van der Waals surface area contributed by atoms with E-state index < -0.39 is 11.6 Å². The number of anilines is 1. The Balaban J connectivity index is 2.86. The summed E-state index contributed by atoms with van der Waals surface area (Å²) < 4.78 is 15.3. The average molecular weight is 283 g/mol. The first-order chi connectivity index (χ1) is 9.28. The lowest BCUT2D eigenvalue weighted by molar-refractivity contribution is 0.0245. The third-order valence-electron chi connectivity index (χ3n) is 2.74. The third kappa shape index (κ3) is 4.31. The smallest absolute Gasteiger partial charge is 0.340 e. The van der Waals surface area contributed by atoms with E-state index >= 15 is 0 Å². The monoisotopic (exact) mass is 283 g/mol. The first-order valence-electron chi connectivity index (χ1n) is 6.19. The Hall–Kier alpha value is -1.95. The largest absolute Gasteiger partial charge is 0.497 e.